The summed E-state index contributed by atoms with van der Waals surface area (Å²) in [6.07, 6.45) is 0.804. The molecule has 0 N–H and O–H groups in total. The lowest BCUT2D eigenvalue weighted by molar-refractivity contribution is -0.135. The molecule has 0 radical (unpaired) electrons. The molecule has 1 aliphatic heterocycles. The lowest BCUT2D eigenvalue weighted by Gasteiger charge is -2.28. The van der Waals surface area contributed by atoms with Gasteiger partial charge in [0.15, 0.2) is 6.61 Å². The van der Waals surface area contributed by atoms with Gasteiger partial charge in [-0.25, -0.2) is 4.79 Å². The molecule has 0 spiro atoms. The van der Waals surface area contributed by atoms with Gasteiger partial charge in [0.25, 0.3) is 5.91 Å². The van der Waals surface area contributed by atoms with Crippen molar-refractivity contribution in [2.45, 2.75) is 26.5 Å². The highest BCUT2D eigenvalue weighted by molar-refractivity contribution is 5.96. The van der Waals surface area contributed by atoms with Gasteiger partial charge in [-0.2, -0.15) is 0 Å². The maximum Gasteiger partial charge on any atom is 0.375 e. The van der Waals surface area contributed by atoms with Crippen LogP contribution in [0.1, 0.15) is 34.2 Å². The van der Waals surface area contributed by atoms with Crippen LogP contribution in [0.15, 0.2) is 52.9 Å². The van der Waals surface area contributed by atoms with Crippen molar-refractivity contribution in [1.82, 2.24) is 4.90 Å². The van der Waals surface area contributed by atoms with Crippen molar-refractivity contribution in [1.29, 1.82) is 0 Å². The Balaban J connectivity index is 1.44. The van der Waals surface area contributed by atoms with E-state index in [1.165, 1.54) is 5.56 Å². The summed E-state index contributed by atoms with van der Waals surface area (Å²) >= 11 is 0. The molecule has 0 fully saturated rings. The first-order valence-electron chi connectivity index (χ1n) is 9.77. The summed E-state index contributed by atoms with van der Waals surface area (Å²) in [6, 6.07) is 15.5. The quantitative estimate of drug-likeness (QED) is 0.597. The number of hydrogen-bond donors (Lipinski definition) is 0. The number of hydrogen-bond acceptors (Lipinski definition) is 5. The fourth-order valence-corrected chi connectivity index (χ4v) is 3.60. The van der Waals surface area contributed by atoms with Gasteiger partial charge < -0.3 is 18.8 Å². The van der Waals surface area contributed by atoms with Gasteiger partial charge >= 0.3 is 5.97 Å². The number of amides is 1. The number of para-hydroxylation sites is 1. The minimum absolute atomic E-state index is 0.0939. The molecule has 3 aromatic rings. The summed E-state index contributed by atoms with van der Waals surface area (Å²) in [6.45, 7) is 3.49. The van der Waals surface area contributed by atoms with Crippen LogP contribution in [0.4, 0.5) is 0 Å². The Morgan fingerprint density at radius 2 is 1.83 bits per heavy atom. The second-order valence-corrected chi connectivity index (χ2v) is 6.95. The minimum atomic E-state index is -0.651. The molecule has 6 nitrogen and oxygen atoms in total. The molecule has 0 aliphatic carbocycles. The molecule has 1 amide bonds. The first-order valence-corrected chi connectivity index (χ1v) is 9.77. The van der Waals surface area contributed by atoms with Crippen molar-refractivity contribution >= 4 is 22.8 Å². The maximum atomic E-state index is 12.6. The van der Waals surface area contributed by atoms with E-state index in [0.717, 1.165) is 17.4 Å². The van der Waals surface area contributed by atoms with Crippen molar-refractivity contribution in [3.8, 4) is 0 Å². The lowest BCUT2D eigenvalue weighted by atomic mass is 10.00. The standard InChI is InChI=1S/C23H23NO5/c1-2-27-14-19-18-9-5-6-10-20(18)29-22(19)23(26)28-15-21(25)24-12-11-16-7-3-4-8-17(16)13-24/h3-10H,2,11-15H2,1H3. The number of nitrogens with zero attached hydrogens (tertiary/aromatic N) is 1. The third-order valence-electron chi connectivity index (χ3n) is 5.14. The van der Waals surface area contributed by atoms with E-state index < -0.39 is 5.97 Å². The summed E-state index contributed by atoms with van der Waals surface area (Å²) in [5, 5.41) is 0.812. The van der Waals surface area contributed by atoms with Crippen LogP contribution in [0.2, 0.25) is 0 Å². The van der Waals surface area contributed by atoms with E-state index in [2.05, 4.69) is 6.07 Å². The molecule has 150 valence electrons. The Kier molecular flexibility index (Phi) is 5.62. The van der Waals surface area contributed by atoms with E-state index in [1.807, 2.05) is 43.3 Å². The summed E-state index contributed by atoms with van der Waals surface area (Å²) in [5.74, 6) is -0.770. The van der Waals surface area contributed by atoms with Crippen LogP contribution in [0.5, 0.6) is 0 Å². The van der Waals surface area contributed by atoms with Crippen LogP contribution in [0.3, 0.4) is 0 Å². The lowest BCUT2D eigenvalue weighted by Crippen LogP contribution is -2.38. The zero-order valence-electron chi connectivity index (χ0n) is 16.3. The smallest absolute Gasteiger partial charge is 0.375 e. The van der Waals surface area contributed by atoms with Crippen LogP contribution in [0.25, 0.3) is 11.0 Å². The second kappa shape index (κ2) is 8.49. The molecule has 0 atom stereocenters. The van der Waals surface area contributed by atoms with Crippen molar-refractivity contribution < 1.29 is 23.5 Å². The van der Waals surface area contributed by atoms with E-state index in [4.69, 9.17) is 13.9 Å². The molecule has 0 bridgehead atoms. The van der Waals surface area contributed by atoms with E-state index in [0.29, 0.717) is 30.8 Å². The molecule has 0 saturated heterocycles. The van der Waals surface area contributed by atoms with Crippen molar-refractivity contribution in [2.24, 2.45) is 0 Å². The number of carbonyl (C=O) groups excluding carboxylic acids is 2. The molecule has 6 heteroatoms. The topological polar surface area (TPSA) is 69.0 Å². The predicted octanol–water partition coefficient (Wildman–Crippen LogP) is 3.71. The fraction of sp³-hybridized carbons (Fsp3) is 0.304. The van der Waals surface area contributed by atoms with Crippen LogP contribution in [0, 0.1) is 0 Å². The van der Waals surface area contributed by atoms with E-state index in [-0.39, 0.29) is 24.9 Å². The number of carbonyl (C=O) groups is 2. The number of ether oxygens (including phenoxy) is 2. The summed E-state index contributed by atoms with van der Waals surface area (Å²) in [7, 11) is 0. The van der Waals surface area contributed by atoms with Gasteiger partial charge in [0, 0.05) is 30.6 Å². The molecule has 1 aromatic heterocycles. The number of benzene rings is 2. The zero-order valence-corrected chi connectivity index (χ0v) is 16.3. The highest BCUT2D eigenvalue weighted by atomic mass is 16.5. The Morgan fingerprint density at radius 1 is 1.07 bits per heavy atom. The highest BCUT2D eigenvalue weighted by Gasteiger charge is 2.25. The average Bonchev–Trinajstić information content (AvgIpc) is 3.14. The fourth-order valence-electron chi connectivity index (χ4n) is 3.60. The van der Waals surface area contributed by atoms with Gasteiger partial charge in [0.05, 0.1) is 6.61 Å². The molecule has 29 heavy (non-hydrogen) atoms. The Bertz CT molecular complexity index is 1040. The van der Waals surface area contributed by atoms with Gasteiger partial charge in [0.1, 0.15) is 5.58 Å². The highest BCUT2D eigenvalue weighted by Crippen LogP contribution is 2.27. The Labute approximate surface area is 169 Å². The molecular weight excluding hydrogens is 370 g/mol. The van der Waals surface area contributed by atoms with Gasteiger partial charge in [-0.3, -0.25) is 4.79 Å². The van der Waals surface area contributed by atoms with Crippen LogP contribution in [-0.2, 0) is 33.8 Å². The number of fused-ring (bicyclic) bond motifs is 2. The largest absolute Gasteiger partial charge is 0.450 e. The predicted molar refractivity (Wildman–Crippen MR) is 107 cm³/mol. The summed E-state index contributed by atoms with van der Waals surface area (Å²) in [4.78, 5) is 26.9. The van der Waals surface area contributed by atoms with Gasteiger partial charge in [0.2, 0.25) is 5.76 Å². The molecule has 2 heterocycles. The number of furan rings is 1. The van der Waals surface area contributed by atoms with Gasteiger partial charge in [-0.05, 0) is 30.5 Å². The number of rotatable bonds is 6. The normalized spacial score (nSPS) is 13.3. The van der Waals surface area contributed by atoms with Gasteiger partial charge in [-0.15, -0.1) is 0 Å². The first-order chi connectivity index (χ1) is 14.2. The summed E-state index contributed by atoms with van der Waals surface area (Å²) < 4.78 is 16.5. The van der Waals surface area contributed by atoms with Crippen molar-refractivity contribution in [3.05, 3.63) is 71.0 Å². The molecule has 0 unspecified atom stereocenters. The zero-order chi connectivity index (χ0) is 20.2. The Morgan fingerprint density at radius 3 is 2.66 bits per heavy atom. The third kappa shape index (κ3) is 4.03. The van der Waals surface area contributed by atoms with Crippen LogP contribution < -0.4 is 0 Å². The van der Waals surface area contributed by atoms with Crippen molar-refractivity contribution in [2.75, 3.05) is 19.8 Å². The third-order valence-corrected chi connectivity index (χ3v) is 5.14. The molecule has 4 rings (SSSR count). The SMILES string of the molecule is CCOCc1c(C(=O)OCC(=O)N2CCc3ccccc3C2)oc2ccccc12. The van der Waals surface area contributed by atoms with E-state index in [1.54, 1.807) is 11.0 Å². The first kappa shape index (κ1) is 19.2. The van der Waals surface area contributed by atoms with E-state index in [9.17, 15) is 9.59 Å². The average molecular weight is 393 g/mol. The monoisotopic (exact) mass is 393 g/mol. The second-order valence-electron chi connectivity index (χ2n) is 6.95. The van der Waals surface area contributed by atoms with E-state index >= 15 is 0 Å². The van der Waals surface area contributed by atoms with Crippen LogP contribution in [-0.4, -0.2) is 36.5 Å². The number of esters is 1. The minimum Gasteiger partial charge on any atom is -0.450 e. The molecule has 2 aromatic carbocycles. The van der Waals surface area contributed by atoms with Gasteiger partial charge in [-0.1, -0.05) is 42.5 Å². The van der Waals surface area contributed by atoms with Crippen LogP contribution >= 0.6 is 0 Å². The summed E-state index contributed by atoms with van der Waals surface area (Å²) in [5.41, 5.74) is 3.63. The maximum absolute atomic E-state index is 12.6. The molecule has 0 saturated carbocycles. The molecular formula is C23H23NO5. The Hall–Kier alpha value is -3.12. The van der Waals surface area contributed by atoms with Crippen molar-refractivity contribution in [3.63, 3.8) is 0 Å². The molecule has 1 aliphatic rings.